The summed E-state index contributed by atoms with van der Waals surface area (Å²) >= 11 is 5.82. The van der Waals surface area contributed by atoms with Crippen molar-refractivity contribution in [2.75, 3.05) is 13.7 Å². The van der Waals surface area contributed by atoms with E-state index in [4.69, 9.17) is 21.4 Å². The Morgan fingerprint density at radius 3 is 2.35 bits per heavy atom. The number of sulfonamides is 1. The summed E-state index contributed by atoms with van der Waals surface area (Å²) in [5, 5.41) is 9.30. The number of ether oxygens (including phenoxy) is 1. The fourth-order valence-corrected chi connectivity index (χ4v) is 4.44. The number of rotatable bonds is 8. The first-order valence-electron chi connectivity index (χ1n) is 9.75. The number of aliphatic carboxylic acids is 1. The molecule has 34 heavy (non-hydrogen) atoms. The third-order valence-electron chi connectivity index (χ3n) is 4.82. The van der Waals surface area contributed by atoms with Crippen LogP contribution in [0.4, 0.5) is 13.2 Å². The predicted octanol–water partition coefficient (Wildman–Crippen LogP) is 5.31. The van der Waals surface area contributed by atoms with Gasteiger partial charge in [0.2, 0.25) is 10.0 Å². The average Bonchev–Trinajstić information content (AvgIpc) is 2.78. The largest absolute Gasteiger partial charge is 0.481 e. The van der Waals surface area contributed by atoms with Crippen molar-refractivity contribution in [3.8, 4) is 16.9 Å². The van der Waals surface area contributed by atoms with Gasteiger partial charge in [0.1, 0.15) is 5.75 Å². The Bertz CT molecular complexity index is 1290. The molecule has 0 aliphatic heterocycles. The molecule has 0 bridgehead atoms. The van der Waals surface area contributed by atoms with E-state index in [1.165, 1.54) is 61.6 Å². The van der Waals surface area contributed by atoms with E-state index in [0.717, 1.165) is 16.4 Å². The zero-order chi connectivity index (χ0) is 25.1. The summed E-state index contributed by atoms with van der Waals surface area (Å²) in [4.78, 5) is 11.0. The van der Waals surface area contributed by atoms with Crippen LogP contribution >= 0.6 is 11.6 Å². The van der Waals surface area contributed by atoms with Crippen LogP contribution in [0.25, 0.3) is 11.1 Å². The zero-order valence-electron chi connectivity index (χ0n) is 17.7. The van der Waals surface area contributed by atoms with Crippen LogP contribution < -0.4 is 4.74 Å². The summed E-state index contributed by atoms with van der Waals surface area (Å²) < 4.78 is 71.7. The molecule has 3 aromatic rings. The van der Waals surface area contributed by atoms with Crippen molar-refractivity contribution < 1.29 is 36.2 Å². The molecule has 0 unspecified atom stereocenters. The summed E-state index contributed by atoms with van der Waals surface area (Å²) in [5.41, 5.74) is -0.0976. The van der Waals surface area contributed by atoms with E-state index in [1.807, 2.05) is 0 Å². The number of hydrogen-bond acceptors (Lipinski definition) is 4. The normalized spacial score (nSPS) is 12.1. The van der Waals surface area contributed by atoms with Gasteiger partial charge >= 0.3 is 12.1 Å². The Kier molecular flexibility index (Phi) is 7.54. The number of alkyl halides is 3. The van der Waals surface area contributed by atoms with Crippen molar-refractivity contribution in [1.29, 1.82) is 0 Å². The molecule has 0 spiro atoms. The first-order valence-corrected chi connectivity index (χ1v) is 11.6. The van der Waals surface area contributed by atoms with Crippen LogP contribution in [0.2, 0.25) is 5.02 Å². The molecule has 0 fully saturated rings. The maximum Gasteiger partial charge on any atom is 0.416 e. The highest BCUT2D eigenvalue weighted by Gasteiger charge is 2.30. The first kappa shape index (κ1) is 25.5. The molecule has 180 valence electrons. The summed E-state index contributed by atoms with van der Waals surface area (Å²) in [6.45, 7) is -0.799. The van der Waals surface area contributed by atoms with Crippen LogP contribution in [0.1, 0.15) is 11.1 Å². The minimum absolute atomic E-state index is 0.0268. The first-order chi connectivity index (χ1) is 15.9. The van der Waals surface area contributed by atoms with Gasteiger partial charge in [0, 0.05) is 24.2 Å². The molecule has 0 heterocycles. The van der Waals surface area contributed by atoms with Crippen LogP contribution in [0, 0.1) is 0 Å². The number of carboxylic acids is 1. The van der Waals surface area contributed by atoms with Gasteiger partial charge in [-0.2, -0.15) is 17.5 Å². The Morgan fingerprint density at radius 2 is 1.74 bits per heavy atom. The Labute approximate surface area is 199 Å². The summed E-state index contributed by atoms with van der Waals surface area (Å²) in [7, 11) is -2.51. The lowest BCUT2D eigenvalue weighted by molar-refractivity contribution is -0.139. The van der Waals surface area contributed by atoms with Crippen LogP contribution in [0.15, 0.2) is 71.6 Å². The van der Waals surface area contributed by atoms with Crippen molar-refractivity contribution in [2.45, 2.75) is 17.6 Å². The minimum Gasteiger partial charge on any atom is -0.481 e. The van der Waals surface area contributed by atoms with Gasteiger partial charge in [-0.1, -0.05) is 29.8 Å². The van der Waals surface area contributed by atoms with Gasteiger partial charge < -0.3 is 9.84 Å². The molecule has 0 saturated carbocycles. The molecule has 11 heteroatoms. The van der Waals surface area contributed by atoms with Crippen molar-refractivity contribution in [1.82, 2.24) is 4.31 Å². The Morgan fingerprint density at radius 1 is 1.06 bits per heavy atom. The van der Waals surface area contributed by atoms with Crippen molar-refractivity contribution in [3.63, 3.8) is 0 Å². The molecule has 0 aromatic heterocycles. The van der Waals surface area contributed by atoms with Crippen LogP contribution in [0.5, 0.6) is 5.75 Å². The molecule has 0 saturated heterocycles. The molecule has 0 radical (unpaired) electrons. The lowest BCUT2D eigenvalue weighted by atomic mass is 9.99. The molecule has 0 amide bonds. The lowest BCUT2D eigenvalue weighted by Crippen LogP contribution is -2.26. The molecule has 6 nitrogen and oxygen atoms in total. The smallest absolute Gasteiger partial charge is 0.416 e. The van der Waals surface area contributed by atoms with Crippen LogP contribution in [-0.2, 0) is 27.5 Å². The topological polar surface area (TPSA) is 83.9 Å². The highest BCUT2D eigenvalue weighted by molar-refractivity contribution is 7.89. The quantitative estimate of drug-likeness (QED) is 0.441. The molecule has 0 aliphatic rings. The number of benzene rings is 3. The molecular weight excluding hydrogens is 495 g/mol. The van der Waals surface area contributed by atoms with E-state index in [2.05, 4.69) is 0 Å². The molecule has 0 aliphatic carbocycles. The second-order valence-electron chi connectivity index (χ2n) is 7.31. The van der Waals surface area contributed by atoms with Crippen LogP contribution in [0.3, 0.4) is 0 Å². The number of nitrogens with zero attached hydrogens (tertiary/aromatic N) is 1. The van der Waals surface area contributed by atoms with Gasteiger partial charge in [-0.05, 0) is 59.7 Å². The second-order valence-corrected chi connectivity index (χ2v) is 9.79. The fourth-order valence-electron chi connectivity index (χ4n) is 3.16. The maximum absolute atomic E-state index is 13.2. The van der Waals surface area contributed by atoms with Crippen molar-refractivity contribution in [2.24, 2.45) is 0 Å². The predicted molar refractivity (Wildman–Crippen MR) is 120 cm³/mol. The van der Waals surface area contributed by atoms with E-state index in [1.54, 1.807) is 0 Å². The van der Waals surface area contributed by atoms with Crippen LogP contribution in [-0.4, -0.2) is 37.5 Å². The summed E-state index contributed by atoms with van der Waals surface area (Å²) in [6, 6.07) is 14.5. The van der Waals surface area contributed by atoms with Gasteiger partial charge in [0.05, 0.1) is 10.5 Å². The van der Waals surface area contributed by atoms with Gasteiger partial charge in [-0.15, -0.1) is 0 Å². The molecule has 1 N–H and O–H groups in total. The minimum atomic E-state index is -4.58. The number of hydrogen-bond donors (Lipinski definition) is 1. The molecule has 3 rings (SSSR count). The second kappa shape index (κ2) is 10.0. The Hall–Kier alpha value is -3.08. The fraction of sp³-hybridized carbons (Fsp3) is 0.174. The van der Waals surface area contributed by atoms with E-state index < -0.39 is 34.3 Å². The number of carbonyl (C=O) groups is 1. The zero-order valence-corrected chi connectivity index (χ0v) is 19.3. The van der Waals surface area contributed by atoms with Gasteiger partial charge in [0.25, 0.3) is 0 Å². The Balaban J connectivity index is 1.98. The van der Waals surface area contributed by atoms with E-state index in [0.29, 0.717) is 10.6 Å². The van der Waals surface area contributed by atoms with Gasteiger partial charge in [-0.3, -0.25) is 0 Å². The number of halogens is 4. The molecular formula is C23H19ClF3NO5S. The van der Waals surface area contributed by atoms with E-state index in [9.17, 15) is 26.4 Å². The summed E-state index contributed by atoms with van der Waals surface area (Å²) in [5.74, 6) is -1.21. The third kappa shape index (κ3) is 6.07. The SMILES string of the molecule is CN(Cc1ccc(OCC(=O)O)c(-c2cccc(C(F)(F)F)c2)c1)S(=O)(=O)c1ccc(Cl)cc1. The third-order valence-corrected chi connectivity index (χ3v) is 6.89. The highest BCUT2D eigenvalue weighted by atomic mass is 35.5. The van der Waals surface area contributed by atoms with Gasteiger partial charge in [-0.25, -0.2) is 13.2 Å². The molecule has 0 atom stereocenters. The monoisotopic (exact) mass is 513 g/mol. The summed E-state index contributed by atoms with van der Waals surface area (Å²) in [6.07, 6.45) is -4.58. The standard InChI is InChI=1S/C23H19ClF3NO5S/c1-28(34(31,32)19-8-6-18(24)7-9-19)13-15-5-10-21(33-14-22(29)30)20(11-15)16-3-2-4-17(12-16)23(25,26)27/h2-12H,13-14H2,1H3,(H,29,30). The van der Waals surface area contributed by atoms with Gasteiger partial charge in [0.15, 0.2) is 6.61 Å². The van der Waals surface area contributed by atoms with E-state index >= 15 is 0 Å². The van der Waals surface area contributed by atoms with Crippen molar-refractivity contribution >= 4 is 27.6 Å². The lowest BCUT2D eigenvalue weighted by Gasteiger charge is -2.19. The maximum atomic E-state index is 13.2. The number of carboxylic acid groups (broad SMARTS) is 1. The average molecular weight is 514 g/mol. The van der Waals surface area contributed by atoms with Crippen molar-refractivity contribution in [3.05, 3.63) is 82.9 Å². The molecule has 3 aromatic carbocycles. The van der Waals surface area contributed by atoms with E-state index in [-0.39, 0.29) is 28.3 Å². The highest BCUT2D eigenvalue weighted by Crippen LogP contribution is 2.36.